The summed E-state index contributed by atoms with van der Waals surface area (Å²) in [5.74, 6) is 0.890. The zero-order chi connectivity index (χ0) is 13.7. The van der Waals surface area contributed by atoms with Crippen molar-refractivity contribution >= 4 is 5.69 Å². The van der Waals surface area contributed by atoms with Crippen molar-refractivity contribution in [1.82, 2.24) is 0 Å². The lowest BCUT2D eigenvalue weighted by molar-refractivity contribution is 0.414. The van der Waals surface area contributed by atoms with Crippen LogP contribution < -0.4 is 15.4 Å². The van der Waals surface area contributed by atoms with E-state index in [1.807, 2.05) is 24.3 Å². The molecule has 0 saturated carbocycles. The lowest BCUT2D eigenvalue weighted by Crippen LogP contribution is -2.16. The van der Waals surface area contributed by atoms with E-state index in [1.165, 1.54) is 11.3 Å². The second-order valence-electron chi connectivity index (χ2n) is 4.58. The molecule has 0 unspecified atom stereocenters. The van der Waals surface area contributed by atoms with Crippen molar-refractivity contribution in [2.75, 3.05) is 19.1 Å². The van der Waals surface area contributed by atoms with Gasteiger partial charge in [0.1, 0.15) is 5.75 Å². The highest BCUT2D eigenvalue weighted by Crippen LogP contribution is 2.19. The first-order valence-corrected chi connectivity index (χ1v) is 6.36. The summed E-state index contributed by atoms with van der Waals surface area (Å²) in [4.78, 5) is 2.20. The molecule has 2 aromatic carbocycles. The van der Waals surface area contributed by atoms with Crippen LogP contribution in [0.5, 0.6) is 5.75 Å². The molecule has 0 radical (unpaired) electrons. The van der Waals surface area contributed by atoms with E-state index in [0.29, 0.717) is 6.54 Å². The van der Waals surface area contributed by atoms with E-state index in [4.69, 9.17) is 10.5 Å². The van der Waals surface area contributed by atoms with Gasteiger partial charge in [0.25, 0.3) is 0 Å². The van der Waals surface area contributed by atoms with E-state index < -0.39 is 0 Å². The second kappa shape index (κ2) is 6.25. The molecule has 100 valence electrons. The van der Waals surface area contributed by atoms with Gasteiger partial charge in [-0.25, -0.2) is 0 Å². The van der Waals surface area contributed by atoms with Gasteiger partial charge < -0.3 is 15.4 Å². The van der Waals surface area contributed by atoms with E-state index in [0.717, 1.165) is 17.9 Å². The molecule has 3 nitrogen and oxygen atoms in total. The highest BCUT2D eigenvalue weighted by Gasteiger charge is 2.03. The Morgan fingerprint density at radius 3 is 2.53 bits per heavy atom. The fraction of sp³-hybridized carbons (Fsp3) is 0.250. The summed E-state index contributed by atoms with van der Waals surface area (Å²) >= 11 is 0. The largest absolute Gasteiger partial charge is 0.497 e. The molecule has 0 aromatic heterocycles. The Bertz CT molecular complexity index is 540. The van der Waals surface area contributed by atoms with Crippen LogP contribution in [-0.4, -0.2) is 14.2 Å². The minimum atomic E-state index is 0.570. The molecule has 0 fully saturated rings. The van der Waals surface area contributed by atoms with Crippen molar-refractivity contribution in [3.8, 4) is 5.75 Å². The van der Waals surface area contributed by atoms with E-state index in [2.05, 4.69) is 36.2 Å². The summed E-state index contributed by atoms with van der Waals surface area (Å²) in [7, 11) is 3.77. The number of hydrogen-bond donors (Lipinski definition) is 1. The predicted molar refractivity (Wildman–Crippen MR) is 79.4 cm³/mol. The Morgan fingerprint density at radius 2 is 1.79 bits per heavy atom. The number of nitrogens with two attached hydrogens (primary N) is 1. The minimum Gasteiger partial charge on any atom is -0.497 e. The van der Waals surface area contributed by atoms with E-state index in [9.17, 15) is 0 Å². The number of methoxy groups -OCH3 is 1. The van der Waals surface area contributed by atoms with Crippen molar-refractivity contribution in [2.45, 2.75) is 13.1 Å². The Morgan fingerprint density at radius 1 is 1.05 bits per heavy atom. The van der Waals surface area contributed by atoms with Crippen LogP contribution in [0, 0.1) is 0 Å². The second-order valence-corrected chi connectivity index (χ2v) is 4.58. The van der Waals surface area contributed by atoms with Crippen LogP contribution in [0.2, 0.25) is 0 Å². The fourth-order valence-electron chi connectivity index (χ4n) is 2.06. The molecule has 3 heteroatoms. The standard InChI is InChI=1S/C16H20N2O/c1-18(15-7-3-5-13(9-15)11-17)12-14-6-4-8-16(10-14)19-2/h3-10H,11-12,17H2,1-2H3. The third-order valence-corrected chi connectivity index (χ3v) is 3.14. The van der Waals surface area contributed by atoms with Gasteiger partial charge in [-0.1, -0.05) is 24.3 Å². The minimum absolute atomic E-state index is 0.570. The van der Waals surface area contributed by atoms with E-state index in [1.54, 1.807) is 7.11 Å². The van der Waals surface area contributed by atoms with Crippen molar-refractivity contribution in [3.63, 3.8) is 0 Å². The number of anilines is 1. The molecule has 2 N–H and O–H groups in total. The van der Waals surface area contributed by atoms with Crippen LogP contribution in [0.25, 0.3) is 0 Å². The monoisotopic (exact) mass is 256 g/mol. The maximum Gasteiger partial charge on any atom is 0.119 e. The zero-order valence-corrected chi connectivity index (χ0v) is 11.5. The van der Waals surface area contributed by atoms with Crippen molar-refractivity contribution < 1.29 is 4.74 Å². The lowest BCUT2D eigenvalue weighted by atomic mass is 10.1. The highest BCUT2D eigenvalue weighted by atomic mass is 16.5. The number of benzene rings is 2. The van der Waals surface area contributed by atoms with Crippen LogP contribution in [0.3, 0.4) is 0 Å². The summed E-state index contributed by atoms with van der Waals surface area (Å²) in [6.07, 6.45) is 0. The predicted octanol–water partition coefficient (Wildman–Crippen LogP) is 2.79. The van der Waals surface area contributed by atoms with Gasteiger partial charge in [0.05, 0.1) is 7.11 Å². The molecule has 0 aliphatic rings. The Labute approximate surface area is 114 Å². The van der Waals surface area contributed by atoms with Crippen molar-refractivity contribution in [3.05, 3.63) is 59.7 Å². The smallest absolute Gasteiger partial charge is 0.119 e. The molecule has 0 aliphatic carbocycles. The Kier molecular flexibility index (Phi) is 4.42. The molecule has 19 heavy (non-hydrogen) atoms. The maximum atomic E-state index is 5.67. The Hall–Kier alpha value is -2.00. The number of hydrogen-bond acceptors (Lipinski definition) is 3. The molecule has 2 rings (SSSR count). The SMILES string of the molecule is COc1cccc(CN(C)c2cccc(CN)c2)c1. The summed E-state index contributed by atoms with van der Waals surface area (Å²) in [5.41, 5.74) is 9.22. The first kappa shape index (κ1) is 13.4. The van der Waals surface area contributed by atoms with Gasteiger partial charge in [0.15, 0.2) is 0 Å². The number of nitrogens with zero attached hydrogens (tertiary/aromatic N) is 1. The van der Waals surface area contributed by atoms with Gasteiger partial charge in [-0.2, -0.15) is 0 Å². The summed E-state index contributed by atoms with van der Waals surface area (Å²) in [6, 6.07) is 16.4. The highest BCUT2D eigenvalue weighted by molar-refractivity contribution is 5.48. The first-order valence-electron chi connectivity index (χ1n) is 6.36. The molecule has 0 aliphatic heterocycles. The van der Waals surface area contributed by atoms with E-state index >= 15 is 0 Å². The van der Waals surface area contributed by atoms with Gasteiger partial charge >= 0.3 is 0 Å². The number of ether oxygens (including phenoxy) is 1. The van der Waals surface area contributed by atoms with Gasteiger partial charge in [-0.15, -0.1) is 0 Å². The number of rotatable bonds is 5. The lowest BCUT2D eigenvalue weighted by Gasteiger charge is -2.20. The molecule has 0 amide bonds. The van der Waals surface area contributed by atoms with Gasteiger partial charge in [0, 0.05) is 25.8 Å². The van der Waals surface area contributed by atoms with Crippen LogP contribution in [0.15, 0.2) is 48.5 Å². The van der Waals surface area contributed by atoms with Gasteiger partial charge in [0.2, 0.25) is 0 Å². The molecular weight excluding hydrogens is 236 g/mol. The van der Waals surface area contributed by atoms with Crippen LogP contribution in [0.1, 0.15) is 11.1 Å². The molecule has 0 bridgehead atoms. The molecular formula is C16H20N2O. The maximum absolute atomic E-state index is 5.67. The molecule has 2 aromatic rings. The van der Waals surface area contributed by atoms with Crippen molar-refractivity contribution in [2.24, 2.45) is 5.73 Å². The van der Waals surface area contributed by atoms with Crippen LogP contribution in [0.4, 0.5) is 5.69 Å². The third kappa shape index (κ3) is 3.48. The molecule has 0 spiro atoms. The van der Waals surface area contributed by atoms with Crippen molar-refractivity contribution in [1.29, 1.82) is 0 Å². The summed E-state index contributed by atoms with van der Waals surface area (Å²) in [5, 5.41) is 0. The summed E-state index contributed by atoms with van der Waals surface area (Å²) in [6.45, 7) is 1.41. The average molecular weight is 256 g/mol. The zero-order valence-electron chi connectivity index (χ0n) is 11.5. The van der Waals surface area contributed by atoms with Crippen LogP contribution >= 0.6 is 0 Å². The van der Waals surface area contributed by atoms with Crippen LogP contribution in [-0.2, 0) is 13.1 Å². The quantitative estimate of drug-likeness (QED) is 0.894. The van der Waals surface area contributed by atoms with E-state index in [-0.39, 0.29) is 0 Å². The molecule has 0 saturated heterocycles. The normalized spacial score (nSPS) is 10.3. The fourth-order valence-corrected chi connectivity index (χ4v) is 2.06. The average Bonchev–Trinajstić information content (AvgIpc) is 2.47. The third-order valence-electron chi connectivity index (χ3n) is 3.14. The Balaban J connectivity index is 2.13. The molecule has 0 atom stereocenters. The topological polar surface area (TPSA) is 38.5 Å². The molecule has 0 heterocycles. The van der Waals surface area contributed by atoms with Gasteiger partial charge in [-0.3, -0.25) is 0 Å². The first-order chi connectivity index (χ1) is 9.22. The van der Waals surface area contributed by atoms with Gasteiger partial charge in [-0.05, 0) is 35.4 Å². The summed E-state index contributed by atoms with van der Waals surface area (Å²) < 4.78 is 5.24.